The van der Waals surface area contributed by atoms with Gasteiger partial charge >= 0.3 is 0 Å². The van der Waals surface area contributed by atoms with E-state index < -0.39 is 0 Å². The molecule has 0 spiro atoms. The smallest absolute Gasteiger partial charge is 0.142 e. The molecule has 0 atom stereocenters. The Kier molecular flexibility index (Phi) is 5.70. The molecule has 0 aliphatic rings. The molecule has 0 amide bonds. The highest BCUT2D eigenvalue weighted by Crippen LogP contribution is 2.24. The van der Waals surface area contributed by atoms with Crippen molar-refractivity contribution in [3.8, 4) is 5.75 Å². The maximum atomic E-state index is 6.04. The molecule has 2 aromatic rings. The Balaban J connectivity index is 1.81. The van der Waals surface area contributed by atoms with Crippen LogP contribution in [-0.2, 0) is 6.42 Å². The third-order valence-electron chi connectivity index (χ3n) is 3.43. The van der Waals surface area contributed by atoms with E-state index in [1.54, 1.807) is 0 Å². The second-order valence-electron chi connectivity index (χ2n) is 5.94. The molecule has 0 saturated carbocycles. The van der Waals surface area contributed by atoms with Gasteiger partial charge in [-0.25, -0.2) is 0 Å². The molecule has 3 heteroatoms. The van der Waals surface area contributed by atoms with E-state index in [1.165, 1.54) is 16.8 Å². The van der Waals surface area contributed by atoms with Gasteiger partial charge in [-0.3, -0.25) is 0 Å². The average molecular weight is 298 g/mol. The first-order chi connectivity index (χ1) is 10.5. The lowest BCUT2D eigenvalue weighted by Gasteiger charge is -2.13. The summed E-state index contributed by atoms with van der Waals surface area (Å²) in [4.78, 5) is 0. The highest BCUT2D eigenvalue weighted by molar-refractivity contribution is 5.54. The number of nitrogens with two attached hydrogens (primary N) is 1. The van der Waals surface area contributed by atoms with Gasteiger partial charge in [0.1, 0.15) is 5.75 Å². The van der Waals surface area contributed by atoms with Gasteiger partial charge in [-0.2, -0.15) is 0 Å². The predicted octanol–water partition coefficient (Wildman–Crippen LogP) is 4.41. The highest BCUT2D eigenvalue weighted by Gasteiger charge is 2.04. The van der Waals surface area contributed by atoms with Crippen molar-refractivity contribution in [2.24, 2.45) is 0 Å². The predicted molar refractivity (Wildman–Crippen MR) is 94.6 cm³/mol. The molecule has 0 unspecified atom stereocenters. The van der Waals surface area contributed by atoms with E-state index in [9.17, 15) is 0 Å². The van der Waals surface area contributed by atoms with Crippen LogP contribution in [0.1, 0.15) is 31.4 Å². The molecule has 3 nitrogen and oxygen atoms in total. The summed E-state index contributed by atoms with van der Waals surface area (Å²) in [6, 6.07) is 14.5. The van der Waals surface area contributed by atoms with Gasteiger partial charge in [0, 0.05) is 12.2 Å². The molecular weight excluding hydrogens is 272 g/mol. The Morgan fingerprint density at radius 3 is 2.64 bits per heavy atom. The van der Waals surface area contributed by atoms with Crippen molar-refractivity contribution in [3.05, 3.63) is 53.6 Å². The number of benzene rings is 2. The summed E-state index contributed by atoms with van der Waals surface area (Å²) in [6.45, 7) is 7.07. The molecule has 2 aromatic carbocycles. The molecule has 118 valence electrons. The van der Waals surface area contributed by atoms with Crippen molar-refractivity contribution < 1.29 is 4.74 Å². The van der Waals surface area contributed by atoms with Crippen molar-refractivity contribution in [1.82, 2.24) is 0 Å². The fourth-order valence-electron chi connectivity index (χ4n) is 2.39. The molecule has 2 rings (SSSR count). The van der Waals surface area contributed by atoms with Crippen molar-refractivity contribution in [2.45, 2.75) is 39.7 Å². The van der Waals surface area contributed by atoms with E-state index in [2.05, 4.69) is 42.6 Å². The van der Waals surface area contributed by atoms with Gasteiger partial charge in [-0.05, 0) is 69.0 Å². The number of aryl methyl sites for hydroxylation is 2. The van der Waals surface area contributed by atoms with Crippen LogP contribution >= 0.6 is 0 Å². The van der Waals surface area contributed by atoms with Crippen LogP contribution in [0.15, 0.2) is 42.5 Å². The zero-order valence-corrected chi connectivity index (χ0v) is 13.7. The third-order valence-corrected chi connectivity index (χ3v) is 3.43. The average Bonchev–Trinajstić information content (AvgIpc) is 2.46. The minimum absolute atomic E-state index is 0.145. The van der Waals surface area contributed by atoms with Crippen molar-refractivity contribution in [2.75, 3.05) is 17.6 Å². The first kappa shape index (κ1) is 16.2. The molecule has 0 radical (unpaired) electrons. The summed E-state index contributed by atoms with van der Waals surface area (Å²) >= 11 is 0. The van der Waals surface area contributed by atoms with Crippen LogP contribution < -0.4 is 15.8 Å². The molecule has 0 aliphatic heterocycles. The highest BCUT2D eigenvalue weighted by atomic mass is 16.5. The number of anilines is 2. The second kappa shape index (κ2) is 7.74. The summed E-state index contributed by atoms with van der Waals surface area (Å²) < 4.78 is 5.66. The largest absolute Gasteiger partial charge is 0.489 e. The van der Waals surface area contributed by atoms with E-state index in [-0.39, 0.29) is 6.10 Å². The molecule has 0 fully saturated rings. The molecule has 0 aromatic heterocycles. The quantitative estimate of drug-likeness (QED) is 0.588. The number of hydrogen-bond donors (Lipinski definition) is 2. The fourth-order valence-corrected chi connectivity index (χ4v) is 2.39. The van der Waals surface area contributed by atoms with Crippen molar-refractivity contribution in [3.63, 3.8) is 0 Å². The Morgan fingerprint density at radius 1 is 1.14 bits per heavy atom. The van der Waals surface area contributed by atoms with Gasteiger partial charge in [-0.1, -0.05) is 18.2 Å². The first-order valence-corrected chi connectivity index (χ1v) is 7.90. The van der Waals surface area contributed by atoms with E-state index in [0.717, 1.165) is 30.8 Å². The van der Waals surface area contributed by atoms with Gasteiger partial charge in [0.15, 0.2) is 0 Å². The summed E-state index contributed by atoms with van der Waals surface area (Å²) in [7, 11) is 0. The van der Waals surface area contributed by atoms with Gasteiger partial charge in [0.2, 0.25) is 0 Å². The summed E-state index contributed by atoms with van der Waals surface area (Å²) in [6.07, 6.45) is 2.22. The minimum atomic E-state index is 0.145. The lowest BCUT2D eigenvalue weighted by atomic mass is 10.1. The lowest BCUT2D eigenvalue weighted by Crippen LogP contribution is -2.08. The van der Waals surface area contributed by atoms with E-state index in [1.807, 2.05) is 26.0 Å². The van der Waals surface area contributed by atoms with Crippen LogP contribution in [0.4, 0.5) is 11.4 Å². The summed E-state index contributed by atoms with van der Waals surface area (Å²) in [5, 5.41) is 3.45. The Morgan fingerprint density at radius 2 is 1.95 bits per heavy atom. The topological polar surface area (TPSA) is 47.3 Å². The minimum Gasteiger partial charge on any atom is -0.489 e. The van der Waals surface area contributed by atoms with Crippen LogP contribution in [-0.4, -0.2) is 12.6 Å². The molecule has 3 N–H and O–H groups in total. The lowest BCUT2D eigenvalue weighted by molar-refractivity contribution is 0.244. The van der Waals surface area contributed by atoms with E-state index >= 15 is 0 Å². The van der Waals surface area contributed by atoms with Gasteiger partial charge in [0.25, 0.3) is 0 Å². The Hall–Kier alpha value is -2.16. The van der Waals surface area contributed by atoms with Crippen molar-refractivity contribution >= 4 is 11.4 Å². The summed E-state index contributed by atoms with van der Waals surface area (Å²) in [5.41, 5.74) is 10.5. The van der Waals surface area contributed by atoms with Crippen molar-refractivity contribution in [1.29, 1.82) is 0 Å². The number of nitrogens with one attached hydrogen (secondary N) is 1. The SMILES string of the molecule is Cc1cccc(NCCCc2ccc(OC(C)C)c(N)c2)c1. The van der Waals surface area contributed by atoms with Crippen LogP contribution in [0.2, 0.25) is 0 Å². The molecule has 0 aliphatic carbocycles. The zero-order chi connectivity index (χ0) is 15.9. The Bertz CT molecular complexity index is 608. The van der Waals surface area contributed by atoms with Crippen LogP contribution in [0, 0.1) is 6.92 Å². The fraction of sp³-hybridized carbons (Fsp3) is 0.368. The standard InChI is InChI=1S/C19H26N2O/c1-14(2)22-19-10-9-16(13-18(19)20)7-5-11-21-17-8-4-6-15(3)12-17/h4,6,8-10,12-14,21H,5,7,11,20H2,1-3H3. The zero-order valence-electron chi connectivity index (χ0n) is 13.7. The molecule has 0 heterocycles. The van der Waals surface area contributed by atoms with E-state index in [4.69, 9.17) is 10.5 Å². The van der Waals surface area contributed by atoms with Gasteiger partial charge in [0.05, 0.1) is 11.8 Å². The monoisotopic (exact) mass is 298 g/mol. The molecule has 0 saturated heterocycles. The van der Waals surface area contributed by atoms with Gasteiger partial charge < -0.3 is 15.8 Å². The van der Waals surface area contributed by atoms with E-state index in [0.29, 0.717) is 0 Å². The third kappa shape index (κ3) is 4.99. The maximum Gasteiger partial charge on any atom is 0.142 e. The molecule has 0 bridgehead atoms. The number of rotatable bonds is 7. The van der Waals surface area contributed by atoms with Crippen LogP contribution in [0.3, 0.4) is 0 Å². The maximum absolute atomic E-state index is 6.04. The van der Waals surface area contributed by atoms with Gasteiger partial charge in [-0.15, -0.1) is 0 Å². The number of nitrogen functional groups attached to an aromatic ring is 1. The molecular formula is C19H26N2O. The van der Waals surface area contributed by atoms with Crippen LogP contribution in [0.5, 0.6) is 5.75 Å². The Labute approximate surface area is 133 Å². The van der Waals surface area contributed by atoms with Crippen LogP contribution in [0.25, 0.3) is 0 Å². The summed E-state index contributed by atoms with van der Waals surface area (Å²) in [5.74, 6) is 0.775. The first-order valence-electron chi connectivity index (χ1n) is 7.90. The number of ether oxygens (including phenoxy) is 1. The normalized spacial score (nSPS) is 10.7. The second-order valence-corrected chi connectivity index (χ2v) is 5.94. The number of hydrogen-bond acceptors (Lipinski definition) is 3. The molecule has 22 heavy (non-hydrogen) atoms.